The van der Waals surface area contributed by atoms with E-state index >= 15 is 0 Å². The van der Waals surface area contributed by atoms with Crippen molar-refractivity contribution in [2.75, 3.05) is 32.2 Å². The Morgan fingerprint density at radius 1 is 1.06 bits per heavy atom. The molecule has 9 nitrogen and oxygen atoms in total. The number of pyridine rings is 1. The monoisotopic (exact) mass is 692 g/mol. The van der Waals surface area contributed by atoms with Crippen molar-refractivity contribution in [2.24, 2.45) is 22.9 Å². The highest BCUT2D eigenvalue weighted by atomic mass is 32.2. The fourth-order valence-corrected chi connectivity index (χ4v) is 9.68. The molecule has 7 unspecified atom stereocenters. The molecule has 0 bridgehead atoms. The molecule has 1 saturated heterocycles. The second-order valence-corrected chi connectivity index (χ2v) is 15.0. The first-order valence-corrected chi connectivity index (χ1v) is 19.2. The van der Waals surface area contributed by atoms with Gasteiger partial charge in [0.25, 0.3) is 0 Å². The van der Waals surface area contributed by atoms with Gasteiger partial charge in [0.05, 0.1) is 30.1 Å². The summed E-state index contributed by atoms with van der Waals surface area (Å²) in [4.78, 5) is 10.4. The van der Waals surface area contributed by atoms with E-state index in [1.807, 2.05) is 36.3 Å². The first kappa shape index (κ1) is 35.9. The number of aromatic nitrogens is 1. The number of nitrogens with zero attached hydrogens (tertiary/aromatic N) is 2. The number of ether oxygens (including phenoxy) is 3. The van der Waals surface area contributed by atoms with Gasteiger partial charge >= 0.3 is 0 Å². The highest BCUT2D eigenvalue weighted by Gasteiger charge is 2.64. The second-order valence-electron chi connectivity index (χ2n) is 13.6. The van der Waals surface area contributed by atoms with Gasteiger partial charge in [-0.15, -0.1) is 6.58 Å². The number of aromatic hydroxyl groups is 1. The number of benzene rings is 1. The lowest BCUT2D eigenvalue weighted by atomic mass is 9.56. The molecule has 2 aromatic rings. The SMILES string of the molecule is C=CCOC12Oc3ccc(O)cc3C3C(CCCCO)C(CCCCO)C=C(C(=NOC4CCCCO4)CC1SCCc1ccncc1)C32. The summed E-state index contributed by atoms with van der Waals surface area (Å²) in [6.45, 7) is 5.31. The van der Waals surface area contributed by atoms with Crippen LogP contribution in [0.2, 0.25) is 0 Å². The lowest BCUT2D eigenvalue weighted by Crippen LogP contribution is -2.64. The molecule has 4 aliphatic rings. The minimum absolute atomic E-state index is 0.0433. The Bertz CT molecular complexity index is 1430. The van der Waals surface area contributed by atoms with E-state index < -0.39 is 5.79 Å². The summed E-state index contributed by atoms with van der Waals surface area (Å²) in [5.74, 6) is 0.879. The molecule has 2 aliphatic heterocycles. The smallest absolute Gasteiger partial charge is 0.230 e. The van der Waals surface area contributed by atoms with E-state index in [1.165, 1.54) is 5.56 Å². The van der Waals surface area contributed by atoms with E-state index in [2.05, 4.69) is 29.8 Å². The zero-order valence-corrected chi connectivity index (χ0v) is 29.3. The standard InChI is InChI=1S/C39H52N2O7S/c1-2-21-46-39-35(49-23-16-27-14-17-40-18-15-27)26-33(41-48-36-11-5-8-22-45-36)31-24-28(9-3-6-19-42)30(10-4-7-20-43)37(38(31)39)32-25-29(44)12-13-34(32)47-39/h2,12-15,17-18,24-25,28,30,35-38,42-44H,1,3-11,16,19-23,26H2. The molecular weight excluding hydrogens is 641 g/mol. The van der Waals surface area contributed by atoms with Crippen molar-refractivity contribution in [3.63, 3.8) is 0 Å². The van der Waals surface area contributed by atoms with Crippen molar-refractivity contribution in [1.29, 1.82) is 0 Å². The molecule has 6 rings (SSSR count). The number of fused-ring (bicyclic) bond motifs is 2. The van der Waals surface area contributed by atoms with E-state index in [9.17, 15) is 15.3 Å². The number of aryl methyl sites for hydroxylation is 1. The molecule has 1 aromatic heterocycles. The molecule has 0 radical (unpaired) electrons. The van der Waals surface area contributed by atoms with Crippen molar-refractivity contribution in [3.8, 4) is 11.5 Å². The van der Waals surface area contributed by atoms with Gasteiger partial charge in [0, 0.05) is 49.9 Å². The molecule has 7 atom stereocenters. The van der Waals surface area contributed by atoms with Gasteiger partial charge in [-0.25, -0.2) is 0 Å². The third-order valence-electron chi connectivity index (χ3n) is 10.5. The van der Waals surface area contributed by atoms with E-state index in [4.69, 9.17) is 24.2 Å². The Morgan fingerprint density at radius 2 is 1.88 bits per heavy atom. The minimum Gasteiger partial charge on any atom is -0.508 e. The fourth-order valence-electron chi connectivity index (χ4n) is 8.27. The van der Waals surface area contributed by atoms with Gasteiger partial charge in [-0.1, -0.05) is 30.1 Å². The maximum Gasteiger partial charge on any atom is 0.230 e. The van der Waals surface area contributed by atoms with E-state index in [1.54, 1.807) is 12.1 Å². The third-order valence-corrected chi connectivity index (χ3v) is 11.8. The average molecular weight is 693 g/mol. The number of thioether (sulfide) groups is 1. The van der Waals surface area contributed by atoms with Crippen LogP contribution in [0.4, 0.5) is 0 Å². The highest BCUT2D eigenvalue weighted by Crippen LogP contribution is 2.62. The molecule has 10 heteroatoms. The summed E-state index contributed by atoms with van der Waals surface area (Å²) in [5, 5.41) is 35.1. The zero-order chi connectivity index (χ0) is 34.1. The average Bonchev–Trinajstić information content (AvgIpc) is 3.13. The molecule has 0 spiro atoms. The number of hydrogen-bond donors (Lipinski definition) is 3. The first-order chi connectivity index (χ1) is 24.1. The van der Waals surface area contributed by atoms with E-state index in [0.717, 1.165) is 92.6 Å². The van der Waals surface area contributed by atoms with Crippen molar-refractivity contribution < 1.29 is 34.4 Å². The van der Waals surface area contributed by atoms with Gasteiger partial charge in [0.1, 0.15) is 11.5 Å². The number of allylic oxidation sites excluding steroid dienone is 1. The molecule has 266 valence electrons. The van der Waals surface area contributed by atoms with Gasteiger partial charge in [0.2, 0.25) is 12.1 Å². The van der Waals surface area contributed by atoms with Crippen LogP contribution in [0.5, 0.6) is 11.5 Å². The molecule has 49 heavy (non-hydrogen) atoms. The van der Waals surface area contributed by atoms with Gasteiger partial charge in [0.15, 0.2) is 0 Å². The van der Waals surface area contributed by atoms with Crippen molar-refractivity contribution in [3.05, 3.63) is 78.2 Å². The van der Waals surface area contributed by atoms with Crippen LogP contribution in [-0.2, 0) is 20.7 Å². The number of hydrogen-bond acceptors (Lipinski definition) is 10. The summed E-state index contributed by atoms with van der Waals surface area (Å²) in [7, 11) is 0. The molecule has 2 aliphatic carbocycles. The van der Waals surface area contributed by atoms with Crippen LogP contribution < -0.4 is 4.74 Å². The number of unbranched alkanes of at least 4 members (excludes halogenated alkanes) is 2. The molecule has 3 N–H and O–H groups in total. The van der Waals surface area contributed by atoms with E-state index in [-0.39, 0.29) is 54.2 Å². The van der Waals surface area contributed by atoms with Gasteiger partial charge in [-0.3, -0.25) is 4.98 Å². The Kier molecular flexibility index (Phi) is 12.7. The summed E-state index contributed by atoms with van der Waals surface area (Å²) in [6.07, 6.45) is 16.9. The largest absolute Gasteiger partial charge is 0.508 e. The molecular formula is C39H52N2O7S. The molecule has 2 fully saturated rings. The fraction of sp³-hybridized carbons (Fsp3) is 0.590. The maximum atomic E-state index is 10.8. The second kappa shape index (κ2) is 17.4. The third kappa shape index (κ3) is 8.20. The van der Waals surface area contributed by atoms with Gasteiger partial charge < -0.3 is 34.4 Å². The van der Waals surface area contributed by atoms with E-state index in [0.29, 0.717) is 19.6 Å². The number of aliphatic hydroxyl groups is 2. The Hall–Kier alpha value is -2.89. The molecule has 1 saturated carbocycles. The summed E-state index contributed by atoms with van der Waals surface area (Å²) >= 11 is 1.84. The maximum absolute atomic E-state index is 10.8. The zero-order valence-electron chi connectivity index (χ0n) is 28.5. The minimum atomic E-state index is -1.02. The lowest BCUT2D eigenvalue weighted by Gasteiger charge is -2.58. The van der Waals surface area contributed by atoms with Crippen LogP contribution >= 0.6 is 11.8 Å². The molecule has 3 heterocycles. The van der Waals surface area contributed by atoms with Crippen molar-refractivity contribution >= 4 is 17.5 Å². The van der Waals surface area contributed by atoms with Crippen LogP contribution in [0.15, 0.2) is 72.2 Å². The normalized spacial score (nSPS) is 29.8. The lowest BCUT2D eigenvalue weighted by molar-refractivity contribution is -0.223. The summed E-state index contributed by atoms with van der Waals surface area (Å²) < 4.78 is 20.0. The summed E-state index contributed by atoms with van der Waals surface area (Å²) in [5.41, 5.74) is 4.18. The summed E-state index contributed by atoms with van der Waals surface area (Å²) in [6, 6.07) is 9.56. The number of phenols is 1. The topological polar surface area (TPSA) is 123 Å². The van der Waals surface area contributed by atoms with Gasteiger partial charge in [-0.05, 0) is 104 Å². The van der Waals surface area contributed by atoms with Crippen molar-refractivity contribution in [1.82, 2.24) is 4.98 Å². The highest BCUT2D eigenvalue weighted by molar-refractivity contribution is 8.00. The predicted octanol–water partition coefficient (Wildman–Crippen LogP) is 6.92. The Morgan fingerprint density at radius 3 is 2.63 bits per heavy atom. The van der Waals surface area contributed by atoms with Crippen LogP contribution in [0.25, 0.3) is 0 Å². The number of oxime groups is 1. The first-order valence-electron chi connectivity index (χ1n) is 18.1. The van der Waals surface area contributed by atoms with Gasteiger partial charge in [-0.2, -0.15) is 11.8 Å². The van der Waals surface area contributed by atoms with Crippen LogP contribution in [0, 0.1) is 17.8 Å². The van der Waals surface area contributed by atoms with Crippen molar-refractivity contribution in [2.45, 2.75) is 93.9 Å². The van der Waals surface area contributed by atoms with Crippen LogP contribution in [-0.4, -0.2) is 75.5 Å². The quantitative estimate of drug-likeness (QED) is 0.0921. The Balaban J connectivity index is 1.47. The number of aliphatic hydroxyl groups excluding tert-OH is 2. The van der Waals surface area contributed by atoms with Crippen LogP contribution in [0.1, 0.15) is 81.3 Å². The number of rotatable bonds is 17. The predicted molar refractivity (Wildman–Crippen MR) is 192 cm³/mol. The Labute approximate surface area is 294 Å². The number of phenolic OH excluding ortho intramolecular Hbond substituents is 1. The van der Waals surface area contributed by atoms with Crippen LogP contribution in [0.3, 0.4) is 0 Å². The molecule has 0 amide bonds. The molecule has 1 aromatic carbocycles.